The van der Waals surface area contributed by atoms with Crippen LogP contribution in [0.1, 0.15) is 44.9 Å². The molecule has 0 aromatic carbocycles. The van der Waals surface area contributed by atoms with Crippen molar-refractivity contribution < 1.29 is 4.74 Å². The Morgan fingerprint density at radius 3 is 2.00 bits per heavy atom. The van der Waals surface area contributed by atoms with Gasteiger partial charge in [0.1, 0.15) is 0 Å². The molecule has 0 radical (unpaired) electrons. The van der Waals surface area contributed by atoms with Gasteiger partial charge in [0, 0.05) is 6.61 Å². The average molecular weight is 192 g/mol. The SMILES string of the molecule is C1COC2(C1)C1CC3CC(C1)CC2C3. The first-order valence-corrected chi connectivity index (χ1v) is 6.51. The summed E-state index contributed by atoms with van der Waals surface area (Å²) in [5.41, 5.74) is 0.396. The van der Waals surface area contributed by atoms with Gasteiger partial charge in [0.05, 0.1) is 5.60 Å². The highest BCUT2D eigenvalue weighted by Gasteiger charge is 2.58. The Hall–Kier alpha value is -0.0400. The second-order valence-electron chi connectivity index (χ2n) is 6.21. The first kappa shape index (κ1) is 8.15. The van der Waals surface area contributed by atoms with Gasteiger partial charge in [-0.05, 0) is 68.6 Å². The van der Waals surface area contributed by atoms with E-state index in [2.05, 4.69) is 0 Å². The Labute approximate surface area is 86.2 Å². The predicted molar refractivity (Wildman–Crippen MR) is 55.0 cm³/mol. The molecule has 1 spiro atoms. The Kier molecular flexibility index (Phi) is 1.49. The van der Waals surface area contributed by atoms with E-state index >= 15 is 0 Å². The van der Waals surface area contributed by atoms with Gasteiger partial charge in [-0.2, -0.15) is 0 Å². The maximum Gasteiger partial charge on any atom is 0.0739 e. The first-order valence-electron chi connectivity index (χ1n) is 6.51. The lowest BCUT2D eigenvalue weighted by Crippen LogP contribution is -2.57. The van der Waals surface area contributed by atoms with Gasteiger partial charge < -0.3 is 4.74 Å². The standard InChI is InChI=1S/C13H20O/c1-2-13(14-3-1)11-5-9-4-10(7-11)8-12(13)6-9/h9-12H,1-8H2. The Balaban J connectivity index is 1.73. The molecule has 0 amide bonds. The molecular formula is C13H20O. The third kappa shape index (κ3) is 0.856. The largest absolute Gasteiger partial charge is 0.374 e. The average Bonchev–Trinajstić information content (AvgIpc) is 2.63. The summed E-state index contributed by atoms with van der Waals surface area (Å²) in [5.74, 6) is 4.10. The van der Waals surface area contributed by atoms with Crippen molar-refractivity contribution in [1.82, 2.24) is 0 Å². The summed E-state index contributed by atoms with van der Waals surface area (Å²) in [6, 6.07) is 0. The first-order chi connectivity index (χ1) is 6.87. The fourth-order valence-corrected chi connectivity index (χ4v) is 5.31. The minimum absolute atomic E-state index is 0.396. The van der Waals surface area contributed by atoms with E-state index in [1.54, 1.807) is 6.42 Å². The molecule has 4 aliphatic carbocycles. The van der Waals surface area contributed by atoms with Crippen LogP contribution in [-0.2, 0) is 4.74 Å². The van der Waals surface area contributed by atoms with Crippen molar-refractivity contribution in [2.75, 3.05) is 6.61 Å². The number of hydrogen-bond donors (Lipinski definition) is 0. The molecule has 0 unspecified atom stereocenters. The Morgan fingerprint density at radius 1 is 0.857 bits per heavy atom. The lowest BCUT2D eigenvalue weighted by Gasteiger charge is -2.59. The molecule has 0 aromatic heterocycles. The van der Waals surface area contributed by atoms with Crippen molar-refractivity contribution >= 4 is 0 Å². The molecule has 5 aliphatic rings. The second-order valence-corrected chi connectivity index (χ2v) is 6.21. The van der Waals surface area contributed by atoms with Crippen molar-refractivity contribution in [3.63, 3.8) is 0 Å². The van der Waals surface area contributed by atoms with Crippen LogP contribution in [0, 0.1) is 23.7 Å². The molecule has 0 atom stereocenters. The van der Waals surface area contributed by atoms with Crippen LogP contribution < -0.4 is 0 Å². The summed E-state index contributed by atoms with van der Waals surface area (Å²) in [7, 11) is 0. The molecule has 0 aromatic rings. The van der Waals surface area contributed by atoms with Crippen molar-refractivity contribution in [2.24, 2.45) is 23.7 Å². The summed E-state index contributed by atoms with van der Waals surface area (Å²) in [5, 5.41) is 0. The highest BCUT2D eigenvalue weighted by atomic mass is 16.5. The van der Waals surface area contributed by atoms with E-state index in [1.165, 1.54) is 38.5 Å². The second kappa shape index (κ2) is 2.55. The number of rotatable bonds is 0. The minimum Gasteiger partial charge on any atom is -0.374 e. The van der Waals surface area contributed by atoms with Crippen LogP contribution >= 0.6 is 0 Å². The molecule has 0 N–H and O–H groups in total. The lowest BCUT2D eigenvalue weighted by molar-refractivity contribution is -0.179. The Morgan fingerprint density at radius 2 is 1.50 bits per heavy atom. The molecule has 4 bridgehead atoms. The zero-order valence-electron chi connectivity index (χ0n) is 8.87. The molecule has 5 rings (SSSR count). The van der Waals surface area contributed by atoms with Crippen LogP contribution in [0.15, 0.2) is 0 Å². The fraction of sp³-hybridized carbons (Fsp3) is 1.00. The molecule has 1 nitrogen and oxygen atoms in total. The van der Waals surface area contributed by atoms with E-state index in [0.717, 1.165) is 30.3 Å². The highest BCUT2D eigenvalue weighted by Crippen LogP contribution is 2.62. The van der Waals surface area contributed by atoms with Crippen LogP contribution in [0.2, 0.25) is 0 Å². The van der Waals surface area contributed by atoms with Gasteiger partial charge in [-0.1, -0.05) is 0 Å². The number of ether oxygens (including phenoxy) is 1. The van der Waals surface area contributed by atoms with Gasteiger partial charge in [-0.15, -0.1) is 0 Å². The zero-order valence-corrected chi connectivity index (χ0v) is 8.87. The van der Waals surface area contributed by atoms with E-state index in [9.17, 15) is 0 Å². The molecule has 1 saturated heterocycles. The van der Waals surface area contributed by atoms with Crippen molar-refractivity contribution in [3.8, 4) is 0 Å². The summed E-state index contributed by atoms with van der Waals surface area (Å²) in [4.78, 5) is 0. The normalized spacial score (nSPS) is 60.0. The summed E-state index contributed by atoms with van der Waals surface area (Å²) in [6.45, 7) is 1.06. The summed E-state index contributed by atoms with van der Waals surface area (Å²) >= 11 is 0. The van der Waals surface area contributed by atoms with E-state index in [4.69, 9.17) is 4.74 Å². The fourth-order valence-electron chi connectivity index (χ4n) is 5.31. The van der Waals surface area contributed by atoms with E-state index in [-0.39, 0.29) is 0 Å². The summed E-state index contributed by atoms with van der Waals surface area (Å²) < 4.78 is 6.22. The predicted octanol–water partition coefficient (Wildman–Crippen LogP) is 2.99. The van der Waals surface area contributed by atoms with Gasteiger partial charge in [-0.25, -0.2) is 0 Å². The molecule has 78 valence electrons. The maximum absolute atomic E-state index is 6.22. The summed E-state index contributed by atoms with van der Waals surface area (Å²) in [6.07, 6.45) is 10.3. The lowest BCUT2D eigenvalue weighted by atomic mass is 9.49. The molecule has 1 heterocycles. The van der Waals surface area contributed by atoms with Crippen LogP contribution in [0.3, 0.4) is 0 Å². The van der Waals surface area contributed by atoms with Crippen LogP contribution in [-0.4, -0.2) is 12.2 Å². The van der Waals surface area contributed by atoms with Crippen molar-refractivity contribution in [2.45, 2.75) is 50.5 Å². The van der Waals surface area contributed by atoms with E-state index < -0.39 is 0 Å². The van der Waals surface area contributed by atoms with Gasteiger partial charge in [0.15, 0.2) is 0 Å². The van der Waals surface area contributed by atoms with Gasteiger partial charge in [0.25, 0.3) is 0 Å². The molecule has 14 heavy (non-hydrogen) atoms. The zero-order chi connectivity index (χ0) is 9.17. The van der Waals surface area contributed by atoms with Crippen LogP contribution in [0.4, 0.5) is 0 Å². The third-order valence-electron chi connectivity index (χ3n) is 5.60. The van der Waals surface area contributed by atoms with E-state index in [1.807, 2.05) is 0 Å². The molecule has 1 aliphatic heterocycles. The molecule has 5 fully saturated rings. The molecule has 1 heteroatoms. The van der Waals surface area contributed by atoms with Crippen LogP contribution in [0.5, 0.6) is 0 Å². The van der Waals surface area contributed by atoms with Crippen molar-refractivity contribution in [3.05, 3.63) is 0 Å². The number of hydrogen-bond acceptors (Lipinski definition) is 1. The monoisotopic (exact) mass is 192 g/mol. The van der Waals surface area contributed by atoms with Crippen LogP contribution in [0.25, 0.3) is 0 Å². The Bertz CT molecular complexity index is 222. The third-order valence-corrected chi connectivity index (χ3v) is 5.60. The maximum atomic E-state index is 6.22. The quantitative estimate of drug-likeness (QED) is 0.573. The topological polar surface area (TPSA) is 9.23 Å². The smallest absolute Gasteiger partial charge is 0.0739 e. The molecular weight excluding hydrogens is 172 g/mol. The highest BCUT2D eigenvalue weighted by molar-refractivity contribution is 5.09. The van der Waals surface area contributed by atoms with Crippen molar-refractivity contribution in [1.29, 1.82) is 0 Å². The van der Waals surface area contributed by atoms with E-state index in [0.29, 0.717) is 5.60 Å². The van der Waals surface area contributed by atoms with Gasteiger partial charge >= 0.3 is 0 Å². The van der Waals surface area contributed by atoms with Gasteiger partial charge in [-0.3, -0.25) is 0 Å². The van der Waals surface area contributed by atoms with Gasteiger partial charge in [0.2, 0.25) is 0 Å². The molecule has 4 saturated carbocycles. The minimum atomic E-state index is 0.396.